The number of likely N-dealkylation sites (tertiary alicyclic amines) is 1. The summed E-state index contributed by atoms with van der Waals surface area (Å²) in [5.41, 5.74) is 10.1. The van der Waals surface area contributed by atoms with Gasteiger partial charge in [0.05, 0.1) is 22.6 Å². The van der Waals surface area contributed by atoms with Crippen LogP contribution in [0.5, 0.6) is 0 Å². The SMILES string of the molecule is Cc1ncsc1C1=CC=C(C(C)NC(=O)C2CC(OC(=O)CCCN)CN2C(=O)C(NC(=O)I)C(C)(C)C)CC1. The summed E-state index contributed by atoms with van der Waals surface area (Å²) in [7, 11) is 0. The van der Waals surface area contributed by atoms with Crippen molar-refractivity contribution in [1.82, 2.24) is 20.5 Å². The van der Waals surface area contributed by atoms with Crippen LogP contribution in [0.1, 0.15) is 70.4 Å². The molecule has 0 aromatic carbocycles. The van der Waals surface area contributed by atoms with Crippen molar-refractivity contribution >= 4 is 61.2 Å². The Morgan fingerprint density at radius 1 is 1.23 bits per heavy atom. The number of aromatic nitrogens is 1. The zero-order chi connectivity index (χ0) is 29.6. The molecule has 1 aromatic heterocycles. The van der Waals surface area contributed by atoms with Crippen molar-refractivity contribution in [2.75, 3.05) is 13.1 Å². The Morgan fingerprint density at radius 3 is 2.50 bits per heavy atom. The molecule has 1 aliphatic heterocycles. The highest BCUT2D eigenvalue weighted by molar-refractivity contribution is 14.1. The fraction of sp³-hybridized carbons (Fsp3) is 0.607. The molecule has 0 bridgehead atoms. The smallest absolute Gasteiger partial charge is 0.306 e. The van der Waals surface area contributed by atoms with Crippen LogP contribution in [-0.4, -0.2) is 68.9 Å². The standard InChI is InChI=1S/C28H40IN5O5S/c1-16(18-8-10-19(11-9-18)23-17(2)31-15-40-23)32-25(36)21-13-20(39-22(35)7-6-12-30)14-34(21)26(37)24(28(3,4)5)33-27(29)38/h8,10,15-16,20-21,24H,6-7,9,11-14,30H2,1-5H3,(H,32,36)(H,33,38). The molecule has 0 saturated carbocycles. The van der Waals surface area contributed by atoms with E-state index in [0.717, 1.165) is 24.1 Å². The van der Waals surface area contributed by atoms with Crippen LogP contribution in [0.4, 0.5) is 4.79 Å². The van der Waals surface area contributed by atoms with Gasteiger partial charge in [-0.2, -0.15) is 0 Å². The van der Waals surface area contributed by atoms with Gasteiger partial charge in [-0.1, -0.05) is 32.9 Å². The summed E-state index contributed by atoms with van der Waals surface area (Å²) in [6, 6.07) is -1.94. The lowest BCUT2D eigenvalue weighted by Gasteiger charge is -2.35. The number of carbonyl (C=O) groups is 4. The second kappa shape index (κ2) is 14.0. The lowest BCUT2D eigenvalue weighted by atomic mass is 9.85. The van der Waals surface area contributed by atoms with Gasteiger partial charge >= 0.3 is 5.97 Å². The summed E-state index contributed by atoms with van der Waals surface area (Å²) in [6.45, 7) is 9.93. The molecule has 1 aromatic rings. The molecule has 0 spiro atoms. The molecule has 1 fully saturated rings. The minimum Gasteiger partial charge on any atom is -0.460 e. The lowest BCUT2D eigenvalue weighted by Crippen LogP contribution is -2.57. The minimum atomic E-state index is -0.851. The fourth-order valence-corrected chi connectivity index (χ4v) is 6.18. The Balaban J connectivity index is 1.77. The number of hydrogen-bond donors (Lipinski definition) is 3. The summed E-state index contributed by atoms with van der Waals surface area (Å²) in [6.07, 6.45) is 6.02. The van der Waals surface area contributed by atoms with Gasteiger partial charge in [-0.3, -0.25) is 19.2 Å². The molecule has 10 nitrogen and oxygen atoms in total. The van der Waals surface area contributed by atoms with E-state index in [1.807, 2.05) is 46.2 Å². The Bertz CT molecular complexity index is 1170. The Morgan fingerprint density at radius 2 is 1.95 bits per heavy atom. The zero-order valence-electron chi connectivity index (χ0n) is 23.8. The van der Waals surface area contributed by atoms with Gasteiger partial charge in [-0.05, 0) is 56.2 Å². The van der Waals surface area contributed by atoms with Crippen molar-refractivity contribution in [3.05, 3.63) is 33.8 Å². The number of esters is 1. The van der Waals surface area contributed by atoms with Crippen LogP contribution in [0, 0.1) is 12.3 Å². The molecule has 3 rings (SSSR count). The monoisotopic (exact) mass is 685 g/mol. The number of nitrogens with one attached hydrogen (secondary N) is 2. The maximum absolute atomic E-state index is 13.8. The van der Waals surface area contributed by atoms with Crippen molar-refractivity contribution in [2.45, 2.75) is 91.0 Å². The molecular weight excluding hydrogens is 645 g/mol. The van der Waals surface area contributed by atoms with Gasteiger partial charge in [0.1, 0.15) is 18.2 Å². The maximum Gasteiger partial charge on any atom is 0.306 e. The highest BCUT2D eigenvalue weighted by Crippen LogP contribution is 2.32. The van der Waals surface area contributed by atoms with Crippen LogP contribution < -0.4 is 16.4 Å². The van der Waals surface area contributed by atoms with Crippen LogP contribution in [0.25, 0.3) is 5.57 Å². The predicted octanol–water partition coefficient (Wildman–Crippen LogP) is 3.87. The van der Waals surface area contributed by atoms with Crippen molar-refractivity contribution in [3.63, 3.8) is 0 Å². The molecule has 12 heteroatoms. The summed E-state index contributed by atoms with van der Waals surface area (Å²) < 4.78 is 5.25. The molecule has 40 heavy (non-hydrogen) atoms. The minimum absolute atomic E-state index is 0.0758. The van der Waals surface area contributed by atoms with E-state index in [9.17, 15) is 19.2 Å². The number of hydrogen-bond acceptors (Lipinski definition) is 8. The first kappa shape index (κ1) is 32.2. The van der Waals surface area contributed by atoms with Gasteiger partial charge in [-0.25, -0.2) is 4.98 Å². The van der Waals surface area contributed by atoms with Gasteiger partial charge in [0.2, 0.25) is 11.8 Å². The van der Waals surface area contributed by atoms with Crippen LogP contribution in [0.3, 0.4) is 0 Å². The number of ether oxygens (including phenoxy) is 1. The fourth-order valence-electron chi connectivity index (χ4n) is 5.01. The highest BCUT2D eigenvalue weighted by atomic mass is 127. The molecule has 4 atom stereocenters. The van der Waals surface area contributed by atoms with E-state index in [2.05, 4.69) is 21.7 Å². The Hall–Kier alpha value is -2.32. The van der Waals surface area contributed by atoms with Crippen LogP contribution in [0.2, 0.25) is 0 Å². The quantitative estimate of drug-likeness (QED) is 0.147. The average Bonchev–Trinajstić information content (AvgIpc) is 3.51. The first-order valence-electron chi connectivity index (χ1n) is 13.6. The Kier molecular flexibility index (Phi) is 11.3. The summed E-state index contributed by atoms with van der Waals surface area (Å²) in [5, 5.41) is 5.81. The second-order valence-electron chi connectivity index (χ2n) is 11.4. The van der Waals surface area contributed by atoms with E-state index in [-0.39, 0.29) is 41.2 Å². The molecule has 3 amide bonds. The van der Waals surface area contributed by atoms with E-state index >= 15 is 0 Å². The zero-order valence-corrected chi connectivity index (χ0v) is 26.8. The molecule has 1 aliphatic carbocycles. The number of amides is 3. The van der Waals surface area contributed by atoms with Crippen LogP contribution in [0.15, 0.2) is 23.2 Å². The van der Waals surface area contributed by atoms with Gasteiger partial charge in [0.25, 0.3) is 3.91 Å². The number of thiazole rings is 1. The number of halogens is 1. The van der Waals surface area contributed by atoms with Crippen LogP contribution in [-0.2, 0) is 19.1 Å². The van der Waals surface area contributed by atoms with E-state index in [0.29, 0.717) is 13.0 Å². The van der Waals surface area contributed by atoms with Crippen molar-refractivity contribution in [1.29, 1.82) is 0 Å². The highest BCUT2D eigenvalue weighted by Gasteiger charge is 2.46. The third kappa shape index (κ3) is 8.35. The molecule has 0 radical (unpaired) electrons. The van der Waals surface area contributed by atoms with Gasteiger partial charge in [0.15, 0.2) is 0 Å². The number of allylic oxidation sites excluding steroid dienone is 3. The topological polar surface area (TPSA) is 144 Å². The average molecular weight is 686 g/mol. The van der Waals surface area contributed by atoms with Crippen LogP contribution >= 0.6 is 33.9 Å². The molecule has 2 heterocycles. The third-order valence-electron chi connectivity index (χ3n) is 7.24. The summed E-state index contributed by atoms with van der Waals surface area (Å²) >= 11 is 3.23. The van der Waals surface area contributed by atoms with Gasteiger partial charge in [0, 0.05) is 41.5 Å². The molecule has 1 saturated heterocycles. The largest absolute Gasteiger partial charge is 0.460 e. The lowest BCUT2D eigenvalue weighted by molar-refractivity contribution is -0.149. The molecular formula is C28H40IN5O5S. The van der Waals surface area contributed by atoms with Crippen molar-refractivity contribution in [3.8, 4) is 0 Å². The van der Waals surface area contributed by atoms with Crippen molar-refractivity contribution < 1.29 is 23.9 Å². The van der Waals surface area contributed by atoms with E-state index in [4.69, 9.17) is 10.5 Å². The van der Waals surface area contributed by atoms with E-state index in [1.54, 1.807) is 33.9 Å². The third-order valence-corrected chi connectivity index (χ3v) is 8.55. The second-order valence-corrected chi connectivity index (χ2v) is 13.2. The molecule has 4 unspecified atom stereocenters. The number of nitrogens with zero attached hydrogens (tertiary/aromatic N) is 2. The predicted molar refractivity (Wildman–Crippen MR) is 164 cm³/mol. The number of nitrogens with two attached hydrogens (primary N) is 1. The number of carbonyl (C=O) groups excluding carboxylic acids is 4. The summed E-state index contributed by atoms with van der Waals surface area (Å²) in [5.74, 6) is -1.10. The maximum atomic E-state index is 13.8. The molecule has 220 valence electrons. The van der Waals surface area contributed by atoms with Gasteiger partial charge in [-0.15, -0.1) is 11.3 Å². The summed E-state index contributed by atoms with van der Waals surface area (Å²) in [4.78, 5) is 58.6. The first-order chi connectivity index (χ1) is 18.8. The van der Waals surface area contributed by atoms with Crippen molar-refractivity contribution in [2.24, 2.45) is 11.1 Å². The number of rotatable bonds is 10. The normalized spacial score (nSPS) is 20.7. The number of aryl methyl sites for hydroxylation is 1. The van der Waals surface area contributed by atoms with E-state index < -0.39 is 29.6 Å². The Labute approximate surface area is 253 Å². The molecule has 4 N–H and O–H groups in total. The molecule has 2 aliphatic rings. The van der Waals surface area contributed by atoms with Gasteiger partial charge < -0.3 is 26.0 Å². The first-order valence-corrected chi connectivity index (χ1v) is 15.5. The van der Waals surface area contributed by atoms with E-state index in [1.165, 1.54) is 15.4 Å².